The van der Waals surface area contributed by atoms with Crippen LogP contribution < -0.4 is 15.2 Å². The number of rotatable bonds is 4. The van der Waals surface area contributed by atoms with Gasteiger partial charge in [0, 0.05) is 23.6 Å². The molecule has 0 radical (unpaired) electrons. The molecule has 1 aromatic carbocycles. The minimum absolute atomic E-state index is 0.0707. The smallest absolute Gasteiger partial charge is 0.141 e. The summed E-state index contributed by atoms with van der Waals surface area (Å²) in [4.78, 5) is 0. The van der Waals surface area contributed by atoms with Gasteiger partial charge in [-0.05, 0) is 18.9 Å². The highest BCUT2D eigenvalue weighted by molar-refractivity contribution is 6.32. The molecule has 0 heterocycles. The van der Waals surface area contributed by atoms with Gasteiger partial charge in [-0.3, -0.25) is 0 Å². The highest BCUT2D eigenvalue weighted by atomic mass is 35.5. The van der Waals surface area contributed by atoms with Gasteiger partial charge in [-0.1, -0.05) is 11.6 Å². The minimum Gasteiger partial charge on any atom is -0.496 e. The molecule has 0 amide bonds. The largest absolute Gasteiger partial charge is 0.496 e. The van der Waals surface area contributed by atoms with Crippen LogP contribution in [0.1, 0.15) is 18.4 Å². The van der Waals surface area contributed by atoms with Crippen LogP contribution in [0.25, 0.3) is 0 Å². The zero-order chi connectivity index (χ0) is 11.8. The average molecular weight is 242 g/mol. The molecular formula is C12H16ClNO2. The Hall–Kier alpha value is -0.930. The fourth-order valence-electron chi connectivity index (χ4n) is 2.01. The molecule has 4 heteroatoms. The number of methoxy groups -OCH3 is 2. The van der Waals surface area contributed by atoms with Crippen molar-refractivity contribution in [2.24, 2.45) is 5.73 Å². The molecule has 16 heavy (non-hydrogen) atoms. The molecule has 1 aliphatic rings. The van der Waals surface area contributed by atoms with E-state index in [-0.39, 0.29) is 5.41 Å². The van der Waals surface area contributed by atoms with E-state index < -0.39 is 0 Å². The van der Waals surface area contributed by atoms with Crippen molar-refractivity contribution < 1.29 is 9.47 Å². The van der Waals surface area contributed by atoms with Crippen LogP contribution in [0.2, 0.25) is 5.02 Å². The standard InChI is InChI=1S/C12H16ClNO2/c1-15-10-6-11(16-2)9(13)5-8(10)12(7-14)3-4-12/h5-6H,3-4,7,14H2,1-2H3. The Bertz CT molecular complexity index is 402. The molecule has 1 aliphatic carbocycles. The lowest BCUT2D eigenvalue weighted by Gasteiger charge is -2.18. The first kappa shape index (κ1) is 11.6. The Morgan fingerprint density at radius 3 is 2.31 bits per heavy atom. The van der Waals surface area contributed by atoms with Crippen LogP contribution >= 0.6 is 11.6 Å². The summed E-state index contributed by atoms with van der Waals surface area (Å²) in [6, 6.07) is 3.74. The van der Waals surface area contributed by atoms with Crippen LogP contribution in [0.15, 0.2) is 12.1 Å². The van der Waals surface area contributed by atoms with Crippen LogP contribution in [0, 0.1) is 0 Å². The van der Waals surface area contributed by atoms with E-state index in [0.717, 1.165) is 24.2 Å². The van der Waals surface area contributed by atoms with E-state index in [9.17, 15) is 0 Å². The molecule has 2 rings (SSSR count). The Kier molecular flexibility index (Phi) is 3.00. The van der Waals surface area contributed by atoms with Crippen molar-refractivity contribution in [3.05, 3.63) is 22.7 Å². The summed E-state index contributed by atoms with van der Waals surface area (Å²) in [7, 11) is 3.24. The SMILES string of the molecule is COc1cc(OC)c(C2(CN)CC2)cc1Cl. The third-order valence-corrected chi connectivity index (χ3v) is 3.58. The van der Waals surface area contributed by atoms with Crippen molar-refractivity contribution in [3.8, 4) is 11.5 Å². The van der Waals surface area contributed by atoms with Crippen molar-refractivity contribution in [3.63, 3.8) is 0 Å². The normalized spacial score (nSPS) is 17.0. The molecule has 0 aromatic heterocycles. The molecule has 1 fully saturated rings. The van der Waals surface area contributed by atoms with Crippen LogP contribution in [0.3, 0.4) is 0 Å². The molecule has 0 atom stereocenters. The van der Waals surface area contributed by atoms with Crippen LogP contribution in [-0.2, 0) is 5.41 Å². The summed E-state index contributed by atoms with van der Waals surface area (Å²) in [5.74, 6) is 1.44. The van der Waals surface area contributed by atoms with Gasteiger partial charge in [0.15, 0.2) is 0 Å². The monoisotopic (exact) mass is 241 g/mol. The number of hydrogen-bond donors (Lipinski definition) is 1. The quantitative estimate of drug-likeness (QED) is 0.880. The Morgan fingerprint density at radius 2 is 1.88 bits per heavy atom. The molecule has 1 aromatic rings. The maximum absolute atomic E-state index is 6.13. The van der Waals surface area contributed by atoms with Crippen LogP contribution in [-0.4, -0.2) is 20.8 Å². The first-order valence-electron chi connectivity index (χ1n) is 5.29. The van der Waals surface area contributed by atoms with Gasteiger partial charge in [0.1, 0.15) is 11.5 Å². The molecule has 3 nitrogen and oxygen atoms in total. The summed E-state index contributed by atoms with van der Waals surface area (Å²) in [5.41, 5.74) is 6.99. The third-order valence-electron chi connectivity index (χ3n) is 3.29. The Labute approximate surface area is 100 Å². The predicted octanol–water partition coefficient (Wildman–Crippen LogP) is 2.35. The number of hydrogen-bond acceptors (Lipinski definition) is 3. The van der Waals surface area contributed by atoms with Crippen molar-refractivity contribution >= 4 is 11.6 Å². The van der Waals surface area contributed by atoms with E-state index in [4.69, 9.17) is 26.8 Å². The molecule has 0 bridgehead atoms. The van der Waals surface area contributed by atoms with Crippen molar-refractivity contribution in [1.82, 2.24) is 0 Å². The molecular weight excluding hydrogens is 226 g/mol. The number of nitrogens with two attached hydrogens (primary N) is 1. The highest BCUT2D eigenvalue weighted by Gasteiger charge is 2.45. The second-order valence-electron chi connectivity index (χ2n) is 4.17. The van der Waals surface area contributed by atoms with Crippen LogP contribution in [0.4, 0.5) is 0 Å². The summed E-state index contributed by atoms with van der Waals surface area (Å²) >= 11 is 6.13. The van der Waals surface area contributed by atoms with Gasteiger partial charge >= 0.3 is 0 Å². The first-order chi connectivity index (χ1) is 7.66. The fraction of sp³-hybridized carbons (Fsp3) is 0.500. The molecule has 0 unspecified atom stereocenters. The summed E-state index contributed by atoms with van der Waals surface area (Å²) < 4.78 is 10.5. The molecule has 88 valence electrons. The van der Waals surface area contributed by atoms with Gasteiger partial charge in [-0.15, -0.1) is 0 Å². The maximum Gasteiger partial charge on any atom is 0.141 e. The van der Waals surface area contributed by atoms with Crippen LogP contribution in [0.5, 0.6) is 11.5 Å². The lowest BCUT2D eigenvalue weighted by Crippen LogP contribution is -2.20. The zero-order valence-corrected chi connectivity index (χ0v) is 10.3. The molecule has 0 saturated heterocycles. The van der Waals surface area contributed by atoms with E-state index in [1.807, 2.05) is 12.1 Å². The lowest BCUT2D eigenvalue weighted by molar-refractivity contribution is 0.387. The summed E-state index contributed by atoms with van der Waals surface area (Å²) in [6.07, 6.45) is 2.20. The van der Waals surface area contributed by atoms with E-state index in [2.05, 4.69) is 0 Å². The summed E-state index contributed by atoms with van der Waals surface area (Å²) in [6.45, 7) is 0.631. The number of halogens is 1. The van der Waals surface area contributed by atoms with E-state index in [1.54, 1.807) is 14.2 Å². The fourth-order valence-corrected chi connectivity index (χ4v) is 2.25. The Morgan fingerprint density at radius 1 is 1.25 bits per heavy atom. The van der Waals surface area contributed by atoms with Crippen molar-refractivity contribution in [2.45, 2.75) is 18.3 Å². The topological polar surface area (TPSA) is 44.5 Å². The van der Waals surface area contributed by atoms with Gasteiger partial charge < -0.3 is 15.2 Å². The van der Waals surface area contributed by atoms with E-state index in [1.165, 1.54) is 0 Å². The van der Waals surface area contributed by atoms with Gasteiger partial charge in [0.05, 0.1) is 19.2 Å². The minimum atomic E-state index is 0.0707. The molecule has 2 N–H and O–H groups in total. The second kappa shape index (κ2) is 4.15. The average Bonchev–Trinajstić information content (AvgIpc) is 3.09. The molecule has 0 spiro atoms. The third kappa shape index (κ3) is 1.74. The zero-order valence-electron chi connectivity index (χ0n) is 9.55. The molecule has 0 aliphatic heterocycles. The number of ether oxygens (including phenoxy) is 2. The van der Waals surface area contributed by atoms with Gasteiger partial charge in [0.2, 0.25) is 0 Å². The summed E-state index contributed by atoms with van der Waals surface area (Å²) in [5, 5.41) is 0.609. The number of benzene rings is 1. The Balaban J connectivity index is 2.48. The van der Waals surface area contributed by atoms with Gasteiger partial charge in [-0.2, -0.15) is 0 Å². The predicted molar refractivity (Wildman–Crippen MR) is 64.5 cm³/mol. The van der Waals surface area contributed by atoms with E-state index in [0.29, 0.717) is 17.3 Å². The first-order valence-corrected chi connectivity index (χ1v) is 5.67. The van der Waals surface area contributed by atoms with E-state index >= 15 is 0 Å². The van der Waals surface area contributed by atoms with Crippen molar-refractivity contribution in [1.29, 1.82) is 0 Å². The van der Waals surface area contributed by atoms with Crippen molar-refractivity contribution in [2.75, 3.05) is 20.8 Å². The molecule has 1 saturated carbocycles. The van der Waals surface area contributed by atoms with Gasteiger partial charge in [-0.25, -0.2) is 0 Å². The maximum atomic E-state index is 6.13. The second-order valence-corrected chi connectivity index (χ2v) is 4.58. The van der Waals surface area contributed by atoms with Gasteiger partial charge in [0.25, 0.3) is 0 Å². The lowest BCUT2D eigenvalue weighted by atomic mass is 9.95. The highest BCUT2D eigenvalue weighted by Crippen LogP contribution is 2.52.